The lowest BCUT2D eigenvalue weighted by molar-refractivity contribution is -0.143. The predicted molar refractivity (Wildman–Crippen MR) is 73.5 cm³/mol. The van der Waals surface area contributed by atoms with Crippen LogP contribution in [-0.4, -0.2) is 18.4 Å². The van der Waals surface area contributed by atoms with E-state index in [1.165, 1.54) is 12.1 Å². The summed E-state index contributed by atoms with van der Waals surface area (Å²) in [4.78, 5) is 23.1. The number of unbranched alkanes of at least 4 members (excludes halogenated alkanes) is 1. The van der Waals surface area contributed by atoms with Gasteiger partial charge >= 0.3 is 5.97 Å². The van der Waals surface area contributed by atoms with Crippen LogP contribution >= 0.6 is 15.9 Å². The second-order valence-corrected chi connectivity index (χ2v) is 4.98. The first-order valence-electron chi connectivity index (χ1n) is 6.18. The second-order valence-electron chi connectivity index (χ2n) is 4.13. The van der Waals surface area contributed by atoms with Crippen LogP contribution in [0.15, 0.2) is 22.7 Å². The summed E-state index contributed by atoms with van der Waals surface area (Å²) in [6.45, 7) is 2.38. The van der Waals surface area contributed by atoms with E-state index >= 15 is 0 Å². The molecule has 0 fully saturated rings. The van der Waals surface area contributed by atoms with Gasteiger partial charge < -0.3 is 4.74 Å². The van der Waals surface area contributed by atoms with Crippen molar-refractivity contribution in [3.05, 3.63) is 34.1 Å². The lowest BCUT2D eigenvalue weighted by Gasteiger charge is -2.04. The summed E-state index contributed by atoms with van der Waals surface area (Å²) < 4.78 is 18.5. The van der Waals surface area contributed by atoms with Crippen LogP contribution in [-0.2, 0) is 9.53 Å². The maximum Gasteiger partial charge on any atom is 0.306 e. The average molecular weight is 331 g/mol. The van der Waals surface area contributed by atoms with Crippen molar-refractivity contribution < 1.29 is 18.7 Å². The first kappa shape index (κ1) is 15.8. The number of esters is 1. The Morgan fingerprint density at radius 3 is 2.68 bits per heavy atom. The Morgan fingerprint density at radius 2 is 2.05 bits per heavy atom. The van der Waals surface area contributed by atoms with Gasteiger partial charge in [0.15, 0.2) is 5.78 Å². The Kier molecular flexibility index (Phi) is 6.70. The summed E-state index contributed by atoms with van der Waals surface area (Å²) >= 11 is 3.02. The molecule has 1 rings (SSSR count). The third kappa shape index (κ3) is 5.51. The number of carbonyl (C=O) groups excluding carboxylic acids is 2. The number of carbonyl (C=O) groups is 2. The molecule has 0 saturated heterocycles. The van der Waals surface area contributed by atoms with Gasteiger partial charge in [-0.3, -0.25) is 9.59 Å². The smallest absolute Gasteiger partial charge is 0.306 e. The summed E-state index contributed by atoms with van der Waals surface area (Å²) in [6, 6.07) is 4.16. The number of ketones is 1. The fraction of sp³-hybridized carbons (Fsp3) is 0.429. The van der Waals surface area contributed by atoms with E-state index in [9.17, 15) is 14.0 Å². The van der Waals surface area contributed by atoms with E-state index in [2.05, 4.69) is 15.9 Å². The third-order valence-electron chi connectivity index (χ3n) is 2.56. The molecule has 0 bridgehead atoms. The number of benzene rings is 1. The molecule has 0 amide bonds. The van der Waals surface area contributed by atoms with Crippen molar-refractivity contribution in [3.8, 4) is 0 Å². The second kappa shape index (κ2) is 8.04. The van der Waals surface area contributed by atoms with Crippen LogP contribution in [0.25, 0.3) is 0 Å². The molecule has 0 radical (unpaired) electrons. The van der Waals surface area contributed by atoms with Crippen LogP contribution in [0.5, 0.6) is 0 Å². The van der Waals surface area contributed by atoms with Crippen molar-refractivity contribution in [3.63, 3.8) is 0 Å². The highest BCUT2D eigenvalue weighted by Gasteiger charge is 2.11. The van der Waals surface area contributed by atoms with Crippen LogP contribution in [0.4, 0.5) is 4.39 Å². The zero-order valence-corrected chi connectivity index (χ0v) is 12.3. The minimum atomic E-state index is -0.489. The minimum absolute atomic E-state index is 0.0280. The molecule has 0 unspecified atom stereocenters. The first-order chi connectivity index (χ1) is 9.04. The van der Waals surface area contributed by atoms with Crippen molar-refractivity contribution in [2.45, 2.75) is 32.6 Å². The summed E-state index contributed by atoms with van der Waals surface area (Å²) in [5, 5.41) is 0. The molecule has 1 aromatic carbocycles. The van der Waals surface area contributed by atoms with Crippen molar-refractivity contribution in [2.75, 3.05) is 6.61 Å². The Morgan fingerprint density at radius 1 is 1.32 bits per heavy atom. The van der Waals surface area contributed by atoms with Crippen molar-refractivity contribution in [1.29, 1.82) is 0 Å². The van der Waals surface area contributed by atoms with Gasteiger partial charge in [-0.2, -0.15) is 0 Å². The number of hydrogen-bond donors (Lipinski definition) is 0. The van der Waals surface area contributed by atoms with Crippen LogP contribution in [0.3, 0.4) is 0 Å². The van der Waals surface area contributed by atoms with Gasteiger partial charge in [0.2, 0.25) is 0 Å². The van der Waals surface area contributed by atoms with E-state index in [1.807, 2.05) is 6.92 Å². The van der Waals surface area contributed by atoms with E-state index in [0.717, 1.165) is 18.9 Å². The molecule has 0 aliphatic heterocycles. The topological polar surface area (TPSA) is 43.4 Å². The molecule has 0 aromatic heterocycles. The van der Waals surface area contributed by atoms with Crippen LogP contribution in [0.2, 0.25) is 0 Å². The van der Waals surface area contributed by atoms with E-state index < -0.39 is 5.82 Å². The average Bonchev–Trinajstić information content (AvgIpc) is 2.39. The SMILES string of the molecule is CCCCOC(=O)CCC(=O)c1ccc(Br)c(F)c1. The number of ether oxygens (including phenoxy) is 1. The molecular formula is C14H16BrFO3. The molecule has 0 aliphatic carbocycles. The lowest BCUT2D eigenvalue weighted by atomic mass is 10.1. The minimum Gasteiger partial charge on any atom is -0.466 e. The van der Waals surface area contributed by atoms with Crippen molar-refractivity contribution >= 4 is 27.7 Å². The van der Waals surface area contributed by atoms with Gasteiger partial charge in [0.1, 0.15) is 5.82 Å². The summed E-state index contributed by atoms with van der Waals surface area (Å²) in [7, 11) is 0. The lowest BCUT2D eigenvalue weighted by Crippen LogP contribution is -2.09. The first-order valence-corrected chi connectivity index (χ1v) is 6.97. The van der Waals surface area contributed by atoms with Crippen LogP contribution in [0.1, 0.15) is 43.0 Å². The standard InChI is InChI=1S/C14H16BrFO3/c1-2-3-8-19-14(18)7-6-13(17)10-4-5-11(15)12(16)9-10/h4-5,9H,2-3,6-8H2,1H3. The molecule has 0 saturated carbocycles. The fourth-order valence-electron chi connectivity index (χ4n) is 1.43. The highest BCUT2D eigenvalue weighted by molar-refractivity contribution is 9.10. The van der Waals surface area contributed by atoms with Crippen molar-refractivity contribution in [2.24, 2.45) is 0 Å². The molecule has 0 atom stereocenters. The van der Waals surface area contributed by atoms with Gasteiger partial charge in [0, 0.05) is 12.0 Å². The fourth-order valence-corrected chi connectivity index (χ4v) is 1.68. The number of halogens is 2. The quantitative estimate of drug-likeness (QED) is 0.432. The molecule has 19 heavy (non-hydrogen) atoms. The zero-order chi connectivity index (χ0) is 14.3. The van der Waals surface area contributed by atoms with Gasteiger partial charge in [0.25, 0.3) is 0 Å². The molecule has 1 aromatic rings. The van der Waals surface area contributed by atoms with E-state index in [-0.39, 0.29) is 30.2 Å². The van der Waals surface area contributed by atoms with Crippen LogP contribution < -0.4 is 0 Å². The summed E-state index contributed by atoms with van der Waals surface area (Å²) in [6.07, 6.45) is 1.83. The van der Waals surface area contributed by atoms with Gasteiger partial charge in [-0.1, -0.05) is 19.4 Å². The molecule has 0 N–H and O–H groups in total. The highest BCUT2D eigenvalue weighted by Crippen LogP contribution is 2.17. The Hall–Kier alpha value is -1.23. The Balaban J connectivity index is 2.42. The molecule has 0 aliphatic rings. The van der Waals surface area contributed by atoms with Gasteiger partial charge in [0.05, 0.1) is 17.5 Å². The van der Waals surface area contributed by atoms with Gasteiger partial charge in [-0.05, 0) is 34.5 Å². The third-order valence-corrected chi connectivity index (χ3v) is 3.20. The zero-order valence-electron chi connectivity index (χ0n) is 10.7. The molecule has 3 nitrogen and oxygen atoms in total. The maximum atomic E-state index is 13.3. The van der Waals surface area contributed by atoms with Crippen LogP contribution in [0, 0.1) is 5.82 Å². The number of Topliss-reactive ketones (excluding diaryl/α,β-unsaturated/α-hetero) is 1. The molecular weight excluding hydrogens is 315 g/mol. The number of hydrogen-bond acceptors (Lipinski definition) is 3. The largest absolute Gasteiger partial charge is 0.466 e. The molecule has 104 valence electrons. The molecule has 5 heteroatoms. The van der Waals surface area contributed by atoms with E-state index in [1.54, 1.807) is 0 Å². The Labute approximate surface area is 120 Å². The Bertz CT molecular complexity index is 460. The van der Waals surface area contributed by atoms with Gasteiger partial charge in [-0.15, -0.1) is 0 Å². The van der Waals surface area contributed by atoms with E-state index in [4.69, 9.17) is 4.74 Å². The summed E-state index contributed by atoms with van der Waals surface area (Å²) in [5.74, 6) is -1.14. The number of rotatable bonds is 7. The molecule has 0 heterocycles. The normalized spacial score (nSPS) is 10.3. The molecule has 0 spiro atoms. The van der Waals surface area contributed by atoms with E-state index in [0.29, 0.717) is 11.1 Å². The predicted octanol–water partition coefficient (Wildman–Crippen LogP) is 3.89. The van der Waals surface area contributed by atoms with Crippen molar-refractivity contribution in [1.82, 2.24) is 0 Å². The maximum absolute atomic E-state index is 13.3. The highest BCUT2D eigenvalue weighted by atomic mass is 79.9. The monoisotopic (exact) mass is 330 g/mol. The van der Waals surface area contributed by atoms with Gasteiger partial charge in [-0.25, -0.2) is 4.39 Å². The summed E-state index contributed by atoms with van der Waals surface area (Å²) in [5.41, 5.74) is 0.266.